The van der Waals surface area contributed by atoms with Crippen LogP contribution in [0.1, 0.15) is 37.0 Å². The number of rotatable bonds is 8. The Labute approximate surface area is 559 Å². The van der Waals surface area contributed by atoms with Gasteiger partial charge in [0.1, 0.15) is 22.3 Å². The molecule has 2 nitrogen and oxygen atoms in total. The van der Waals surface area contributed by atoms with Crippen LogP contribution < -0.4 is 0 Å². The number of para-hydroxylation sites is 2. The van der Waals surface area contributed by atoms with E-state index in [9.17, 15) is 9.60 Å². The molecule has 90 heavy (non-hydrogen) atoms. The van der Waals surface area contributed by atoms with E-state index >= 15 is 0 Å². The molecule has 0 aliphatic heterocycles. The third-order valence-electron chi connectivity index (χ3n) is 16.3. The van der Waals surface area contributed by atoms with E-state index in [1.54, 1.807) is 54.6 Å². The van der Waals surface area contributed by atoms with Crippen molar-refractivity contribution in [2.45, 2.75) is 0 Å². The molecule has 420 valence electrons. The molecule has 16 aromatic carbocycles. The molecule has 0 bridgehead atoms. The lowest BCUT2D eigenvalue weighted by Crippen LogP contribution is -1.91. The molecule has 0 saturated carbocycles. The lowest BCUT2D eigenvalue weighted by atomic mass is 9.85. The fourth-order valence-corrected chi connectivity index (χ4v) is 12.5. The van der Waals surface area contributed by atoms with Crippen molar-refractivity contribution in [2.75, 3.05) is 0 Å². The van der Waals surface area contributed by atoms with Crippen LogP contribution in [0.3, 0.4) is 0 Å². The minimum absolute atomic E-state index is 0.00614. The lowest BCUT2D eigenvalue weighted by Gasteiger charge is -2.18. The van der Waals surface area contributed by atoms with E-state index in [2.05, 4.69) is 18.2 Å². The summed E-state index contributed by atoms with van der Waals surface area (Å²) >= 11 is 0. The van der Waals surface area contributed by atoms with Gasteiger partial charge in [-0.1, -0.05) is 315 Å². The van der Waals surface area contributed by atoms with Gasteiger partial charge in [-0.2, -0.15) is 0 Å². The highest BCUT2D eigenvalue weighted by molar-refractivity contribution is 6.24. The van der Waals surface area contributed by atoms with Crippen LogP contribution in [-0.2, 0) is 0 Å². The zero-order valence-electron chi connectivity index (χ0n) is 74.1. The minimum Gasteiger partial charge on any atom is -0.456 e. The summed E-state index contributed by atoms with van der Waals surface area (Å²) in [5.74, 6) is 0. The summed E-state index contributed by atoms with van der Waals surface area (Å²) in [6.45, 7) is 0. The van der Waals surface area contributed by atoms with Crippen molar-refractivity contribution in [1.82, 2.24) is 0 Å². The van der Waals surface area contributed by atoms with Crippen molar-refractivity contribution in [3.8, 4) is 89.0 Å². The van der Waals surface area contributed by atoms with E-state index in [1.807, 2.05) is 78.9 Å². The van der Waals surface area contributed by atoms with E-state index in [0.717, 1.165) is 44.2 Å². The van der Waals surface area contributed by atoms with Crippen molar-refractivity contribution >= 4 is 87.0 Å². The predicted molar refractivity (Wildman–Crippen MR) is 381 cm³/mol. The Kier molecular flexibility index (Phi) is 7.80. The van der Waals surface area contributed by atoms with Gasteiger partial charge in [-0.25, -0.2) is 0 Å². The summed E-state index contributed by atoms with van der Waals surface area (Å²) < 4.78 is 251. The highest BCUT2D eigenvalue weighted by atomic mass is 16.3. The number of hydrogen-bond donors (Lipinski definition) is 0. The molecule has 0 aliphatic carbocycles. The maximum absolute atomic E-state index is 9.33. The minimum atomic E-state index is -0.778. The maximum Gasteiger partial charge on any atom is 0.136 e. The van der Waals surface area contributed by atoms with Crippen LogP contribution in [-0.4, -0.2) is 0 Å². The molecule has 0 atom stereocenters. The summed E-state index contributed by atoms with van der Waals surface area (Å²) in [7, 11) is 0. The van der Waals surface area contributed by atoms with Gasteiger partial charge in [-0.3, -0.25) is 0 Å². The largest absolute Gasteiger partial charge is 0.456 e. The second-order valence-electron chi connectivity index (χ2n) is 21.2. The Morgan fingerprint density at radius 1 is 0.178 bits per heavy atom. The molecular formula is C88H56O2. The van der Waals surface area contributed by atoms with E-state index in [0.29, 0.717) is 38.9 Å². The third kappa shape index (κ3) is 8.88. The first kappa shape index (κ1) is 31.7. The molecule has 0 spiro atoms. The number of hydrogen-bond acceptors (Lipinski definition) is 2. The summed E-state index contributed by atoms with van der Waals surface area (Å²) in [5.41, 5.74) is 7.32. The van der Waals surface area contributed by atoms with Crippen molar-refractivity contribution in [2.24, 2.45) is 0 Å². The molecule has 18 rings (SSSR count). The molecule has 0 amide bonds. The summed E-state index contributed by atoms with van der Waals surface area (Å²) in [6.07, 6.45) is 0. The van der Waals surface area contributed by atoms with Gasteiger partial charge in [0.05, 0.1) is 37.0 Å². The van der Waals surface area contributed by atoms with E-state index in [4.69, 9.17) is 36.2 Å². The molecule has 0 radical (unpaired) electrons. The van der Waals surface area contributed by atoms with E-state index in [-0.39, 0.29) is 112 Å². The maximum atomic E-state index is 9.33. The average Bonchev–Trinajstić information content (AvgIpc) is 1.56. The molecule has 0 aliphatic rings. The van der Waals surface area contributed by atoms with Crippen molar-refractivity contribution in [3.05, 3.63) is 339 Å². The van der Waals surface area contributed by atoms with Gasteiger partial charge in [0.25, 0.3) is 0 Å². The first-order valence-corrected chi connectivity index (χ1v) is 28.7. The Morgan fingerprint density at radius 2 is 0.522 bits per heavy atom. The van der Waals surface area contributed by atoms with Gasteiger partial charge in [0.2, 0.25) is 0 Å². The van der Waals surface area contributed by atoms with Gasteiger partial charge in [0.15, 0.2) is 0 Å². The molecule has 2 heteroatoms. The quantitative estimate of drug-likeness (QED) is 0.142. The van der Waals surface area contributed by atoms with Gasteiger partial charge in [0, 0.05) is 32.7 Å². The van der Waals surface area contributed by atoms with E-state index in [1.165, 1.54) is 24.3 Å². The number of fused-ring (bicyclic) bond motifs is 10. The zero-order valence-corrected chi connectivity index (χ0v) is 47.1. The second kappa shape index (κ2) is 22.1. The lowest BCUT2D eigenvalue weighted by molar-refractivity contribution is 0.668. The summed E-state index contributed by atoms with van der Waals surface area (Å²) in [5, 5.41) is 1.69. The average molecular weight is 1170 g/mol. The SMILES string of the molecule is [2H]c1c([2H])c([2H])c(-c2c3c([2H])c([2H])c([2H])c([2H])c3c(-c3ccc(-c4c([2H])c([2H])c5oc6c([2H])c([2H])c([2H])c([2H])c6c5c4-c4ccccc4)cc3)c3c([2H])c([2H])c([2H])c([2H])c23)c([2H])c1[2H].[2H]c1c([2H])c([2H])c2c(-c3ccc(-c4ccc5oc6ccccc6c5c4-c4ccccc4)cc3)c3c([2H])c([2H])c([2H])c([2H])c3c(-c3ccccc3)c2c1[2H]. The normalized spacial score (nSPS) is 15.8. The van der Waals surface area contributed by atoms with Gasteiger partial charge in [-0.15, -0.1) is 0 Å². The standard InChI is InChI=1S/2C44H28O/c2*1-3-13-30(14-4-1)41-34-17-7-9-19-36(34)42(37-20-10-8-18-35(37)41)32-25-23-29(24-26-32)33-27-28-40-44(38-21-11-12-22-39(38)45-40)43(33)31-15-5-2-6-16-31/h2*1-28H/i1D,3D,4D,7D,8D,9D,10D,11D,12D,13D,14D,17D,18D,19D,20D,21D,22D,27D,28D;7D,8D,9D,10D,17D,18D,19D,20D. The Balaban J connectivity index is 0.000000171. The highest BCUT2D eigenvalue weighted by Crippen LogP contribution is 2.49. The zero-order chi connectivity index (χ0) is 83.0. The molecule has 0 unspecified atom stereocenters. The number of furan rings is 2. The van der Waals surface area contributed by atoms with Crippen molar-refractivity contribution in [1.29, 1.82) is 0 Å². The second-order valence-corrected chi connectivity index (χ2v) is 21.2. The number of benzene rings is 16. The van der Waals surface area contributed by atoms with Crippen LogP contribution >= 0.6 is 0 Å². The molecule has 2 aromatic heterocycles. The van der Waals surface area contributed by atoms with Crippen LogP contribution in [0.4, 0.5) is 0 Å². The van der Waals surface area contributed by atoms with Crippen LogP contribution in [0.2, 0.25) is 0 Å². The van der Waals surface area contributed by atoms with E-state index < -0.39 is 144 Å². The Morgan fingerprint density at radius 3 is 1.01 bits per heavy atom. The fourth-order valence-electron chi connectivity index (χ4n) is 12.5. The molecule has 18 aromatic rings. The smallest absolute Gasteiger partial charge is 0.136 e. The first-order chi connectivity index (χ1) is 55.9. The van der Waals surface area contributed by atoms with Crippen molar-refractivity contribution in [3.63, 3.8) is 0 Å². The van der Waals surface area contributed by atoms with Gasteiger partial charge >= 0.3 is 0 Å². The highest BCUT2D eigenvalue weighted by Gasteiger charge is 2.22. The molecular weight excluding hydrogens is 1090 g/mol. The topological polar surface area (TPSA) is 26.3 Å². The monoisotopic (exact) mass is 1170 g/mol. The third-order valence-corrected chi connectivity index (χ3v) is 16.3. The Hall–Kier alpha value is -11.8. The van der Waals surface area contributed by atoms with Crippen molar-refractivity contribution < 1.29 is 45.8 Å². The molecule has 0 saturated heterocycles. The molecule has 0 fully saturated rings. The predicted octanol–water partition coefficient (Wildman–Crippen LogP) is 25.1. The Bertz CT molecular complexity index is 7220. The van der Waals surface area contributed by atoms with Crippen LogP contribution in [0.5, 0.6) is 0 Å². The van der Waals surface area contributed by atoms with Gasteiger partial charge < -0.3 is 8.83 Å². The van der Waals surface area contributed by atoms with Crippen LogP contribution in [0.15, 0.2) is 348 Å². The fraction of sp³-hybridized carbons (Fsp3) is 0. The van der Waals surface area contributed by atoms with Crippen LogP contribution in [0.25, 0.3) is 176 Å². The molecule has 2 heterocycles. The van der Waals surface area contributed by atoms with Crippen LogP contribution in [0, 0.1) is 0 Å². The summed E-state index contributed by atoms with van der Waals surface area (Å²) in [4.78, 5) is 0. The van der Waals surface area contributed by atoms with Gasteiger partial charge in [-0.05, 0) is 145 Å². The molecule has 0 N–H and O–H groups in total. The first-order valence-electron chi connectivity index (χ1n) is 42.2. The summed E-state index contributed by atoms with van der Waals surface area (Å²) in [6, 6.07) is 38.6.